The average molecular weight is 420 g/mol. The van der Waals surface area contributed by atoms with Gasteiger partial charge < -0.3 is 5.32 Å². The van der Waals surface area contributed by atoms with Crippen molar-refractivity contribution in [3.05, 3.63) is 95.3 Å². The van der Waals surface area contributed by atoms with Gasteiger partial charge in [0.1, 0.15) is 5.82 Å². The maximum absolute atomic E-state index is 13.0. The number of nitrogens with zero attached hydrogens (tertiary/aromatic N) is 1. The van der Waals surface area contributed by atoms with Crippen molar-refractivity contribution in [1.82, 2.24) is 4.90 Å². The molecule has 150 valence electrons. The van der Waals surface area contributed by atoms with Crippen LogP contribution in [-0.4, -0.2) is 34.9 Å². The van der Waals surface area contributed by atoms with E-state index in [-0.39, 0.29) is 17.7 Å². The van der Waals surface area contributed by atoms with Gasteiger partial charge in [-0.05, 0) is 60.7 Å². The number of imide groups is 1. The van der Waals surface area contributed by atoms with E-state index in [9.17, 15) is 18.8 Å². The van der Waals surface area contributed by atoms with Crippen LogP contribution in [0.2, 0.25) is 0 Å². The molecule has 1 aliphatic rings. The number of amides is 3. The molecule has 0 spiro atoms. The summed E-state index contributed by atoms with van der Waals surface area (Å²) in [7, 11) is 0. The summed E-state index contributed by atoms with van der Waals surface area (Å²) in [4.78, 5) is 39.1. The number of carbonyl (C=O) groups is 3. The summed E-state index contributed by atoms with van der Waals surface area (Å²) in [6.07, 6.45) is 0. The third kappa shape index (κ3) is 4.11. The zero-order chi connectivity index (χ0) is 21.1. The van der Waals surface area contributed by atoms with E-state index in [0.29, 0.717) is 34.7 Å². The van der Waals surface area contributed by atoms with E-state index in [0.717, 1.165) is 4.90 Å². The first-order valence-corrected chi connectivity index (χ1v) is 10.3. The second kappa shape index (κ2) is 8.51. The number of carbonyl (C=O) groups excluding carboxylic acids is 3. The Morgan fingerprint density at radius 2 is 1.47 bits per heavy atom. The van der Waals surface area contributed by atoms with E-state index in [2.05, 4.69) is 5.32 Å². The SMILES string of the molecule is O=C(Nc1ccc(SCCN2C(=O)c3ccccc3C2=O)cc1)c1ccc(F)cc1. The van der Waals surface area contributed by atoms with Gasteiger partial charge in [0, 0.05) is 28.4 Å². The average Bonchev–Trinajstić information content (AvgIpc) is 3.00. The maximum atomic E-state index is 13.0. The minimum atomic E-state index is -0.394. The van der Waals surface area contributed by atoms with E-state index >= 15 is 0 Å². The Bertz CT molecular complexity index is 1080. The number of fused-ring (bicyclic) bond motifs is 1. The Labute approximate surface area is 176 Å². The monoisotopic (exact) mass is 420 g/mol. The van der Waals surface area contributed by atoms with Gasteiger partial charge in [-0.3, -0.25) is 19.3 Å². The first-order chi connectivity index (χ1) is 14.5. The maximum Gasteiger partial charge on any atom is 0.261 e. The van der Waals surface area contributed by atoms with Crippen LogP contribution in [0.1, 0.15) is 31.1 Å². The van der Waals surface area contributed by atoms with E-state index in [4.69, 9.17) is 0 Å². The zero-order valence-electron chi connectivity index (χ0n) is 15.8. The highest BCUT2D eigenvalue weighted by Crippen LogP contribution is 2.25. The lowest BCUT2D eigenvalue weighted by atomic mass is 10.1. The van der Waals surface area contributed by atoms with Crippen LogP contribution < -0.4 is 5.32 Å². The van der Waals surface area contributed by atoms with Crippen LogP contribution in [0.4, 0.5) is 10.1 Å². The van der Waals surface area contributed by atoms with Crippen LogP contribution in [0.3, 0.4) is 0 Å². The molecule has 0 aromatic heterocycles. The van der Waals surface area contributed by atoms with E-state index in [1.54, 1.807) is 36.4 Å². The third-order valence-electron chi connectivity index (χ3n) is 4.68. The predicted molar refractivity (Wildman–Crippen MR) is 113 cm³/mol. The van der Waals surface area contributed by atoms with Gasteiger partial charge >= 0.3 is 0 Å². The Kier molecular flexibility index (Phi) is 5.63. The molecule has 3 amide bonds. The van der Waals surface area contributed by atoms with Crippen molar-refractivity contribution in [2.75, 3.05) is 17.6 Å². The fourth-order valence-electron chi connectivity index (χ4n) is 3.14. The smallest absolute Gasteiger partial charge is 0.261 e. The second-order valence-electron chi connectivity index (χ2n) is 6.64. The predicted octanol–water partition coefficient (Wildman–Crippen LogP) is 4.47. The highest BCUT2D eigenvalue weighted by atomic mass is 32.2. The molecule has 3 aromatic carbocycles. The van der Waals surface area contributed by atoms with Crippen molar-refractivity contribution in [2.45, 2.75) is 4.90 Å². The van der Waals surface area contributed by atoms with Crippen LogP contribution in [-0.2, 0) is 0 Å². The van der Waals surface area contributed by atoms with Crippen molar-refractivity contribution in [3.63, 3.8) is 0 Å². The number of benzene rings is 3. The molecule has 5 nitrogen and oxygen atoms in total. The fourth-order valence-corrected chi connectivity index (χ4v) is 3.97. The van der Waals surface area contributed by atoms with E-state index in [1.807, 2.05) is 12.1 Å². The summed E-state index contributed by atoms with van der Waals surface area (Å²) in [5.41, 5.74) is 1.90. The standard InChI is InChI=1S/C23H17FN2O3S/c24-16-7-5-15(6-8-16)21(27)25-17-9-11-18(12-10-17)30-14-13-26-22(28)19-3-1-2-4-20(19)23(26)29/h1-12H,13-14H2,(H,25,27). The third-order valence-corrected chi connectivity index (χ3v) is 5.67. The quantitative estimate of drug-likeness (QED) is 0.472. The molecule has 4 rings (SSSR count). The van der Waals surface area contributed by atoms with Gasteiger partial charge in [0.2, 0.25) is 0 Å². The van der Waals surface area contributed by atoms with Gasteiger partial charge in [-0.2, -0.15) is 0 Å². The molecule has 0 fully saturated rings. The minimum absolute atomic E-state index is 0.255. The van der Waals surface area contributed by atoms with Crippen molar-refractivity contribution < 1.29 is 18.8 Å². The zero-order valence-corrected chi connectivity index (χ0v) is 16.6. The number of nitrogens with one attached hydrogen (secondary N) is 1. The fraction of sp³-hybridized carbons (Fsp3) is 0.0870. The largest absolute Gasteiger partial charge is 0.322 e. The van der Waals surface area contributed by atoms with Gasteiger partial charge in [-0.1, -0.05) is 12.1 Å². The number of halogens is 1. The number of hydrogen-bond acceptors (Lipinski definition) is 4. The van der Waals surface area contributed by atoms with Crippen molar-refractivity contribution in [3.8, 4) is 0 Å². The summed E-state index contributed by atoms with van der Waals surface area (Å²) >= 11 is 1.52. The normalized spacial score (nSPS) is 12.8. The Hall–Kier alpha value is -3.45. The Morgan fingerprint density at radius 3 is 2.07 bits per heavy atom. The number of anilines is 1. The first-order valence-electron chi connectivity index (χ1n) is 9.28. The molecule has 0 saturated heterocycles. The first kappa shape index (κ1) is 19.8. The van der Waals surface area contributed by atoms with Crippen molar-refractivity contribution >= 4 is 35.2 Å². The molecule has 1 N–H and O–H groups in total. The molecule has 3 aromatic rings. The molecule has 1 aliphatic heterocycles. The van der Waals surface area contributed by atoms with E-state index in [1.165, 1.54) is 40.9 Å². The summed E-state index contributed by atoms with van der Waals surface area (Å²) in [6, 6.07) is 19.4. The highest BCUT2D eigenvalue weighted by molar-refractivity contribution is 7.99. The van der Waals surface area contributed by atoms with Gasteiger partial charge in [-0.15, -0.1) is 11.8 Å². The lowest BCUT2D eigenvalue weighted by Crippen LogP contribution is -2.31. The number of thioether (sulfide) groups is 1. The van der Waals surface area contributed by atoms with E-state index < -0.39 is 5.82 Å². The molecule has 30 heavy (non-hydrogen) atoms. The van der Waals surface area contributed by atoms with Crippen molar-refractivity contribution in [1.29, 1.82) is 0 Å². The van der Waals surface area contributed by atoms with Crippen LogP contribution in [0.15, 0.2) is 77.7 Å². The highest BCUT2D eigenvalue weighted by Gasteiger charge is 2.34. The molecular weight excluding hydrogens is 403 g/mol. The summed E-state index contributed by atoms with van der Waals surface area (Å²) < 4.78 is 13.0. The van der Waals surface area contributed by atoms with Crippen LogP contribution in [0.5, 0.6) is 0 Å². The van der Waals surface area contributed by atoms with Gasteiger partial charge in [0.25, 0.3) is 17.7 Å². The van der Waals surface area contributed by atoms with Crippen LogP contribution in [0.25, 0.3) is 0 Å². The number of hydrogen-bond donors (Lipinski definition) is 1. The minimum Gasteiger partial charge on any atom is -0.322 e. The van der Waals surface area contributed by atoms with Crippen molar-refractivity contribution in [2.24, 2.45) is 0 Å². The molecule has 0 bridgehead atoms. The molecule has 0 atom stereocenters. The summed E-state index contributed by atoms with van der Waals surface area (Å²) in [5, 5.41) is 2.76. The lowest BCUT2D eigenvalue weighted by molar-refractivity contribution is 0.0664. The van der Waals surface area contributed by atoms with Gasteiger partial charge in [-0.25, -0.2) is 4.39 Å². The number of rotatable bonds is 6. The van der Waals surface area contributed by atoms with Gasteiger partial charge in [0.05, 0.1) is 11.1 Å². The topological polar surface area (TPSA) is 66.5 Å². The molecule has 0 unspecified atom stereocenters. The van der Waals surface area contributed by atoms with Gasteiger partial charge in [0.15, 0.2) is 0 Å². The molecular formula is C23H17FN2O3S. The molecule has 0 saturated carbocycles. The molecule has 7 heteroatoms. The summed E-state index contributed by atoms with van der Waals surface area (Å²) in [5.74, 6) is -0.660. The lowest BCUT2D eigenvalue weighted by Gasteiger charge is -2.13. The van der Waals surface area contributed by atoms with Crippen LogP contribution in [0, 0.1) is 5.82 Å². The molecule has 0 radical (unpaired) electrons. The Balaban J connectivity index is 1.30. The second-order valence-corrected chi connectivity index (χ2v) is 7.81. The Morgan fingerprint density at radius 1 is 0.867 bits per heavy atom. The van der Waals surface area contributed by atoms with Crippen LogP contribution >= 0.6 is 11.8 Å². The summed E-state index contributed by atoms with van der Waals surface area (Å²) in [6.45, 7) is 0.320. The molecule has 1 heterocycles. The molecule has 0 aliphatic carbocycles.